The third-order valence-electron chi connectivity index (χ3n) is 3.27. The van der Waals surface area contributed by atoms with Crippen LogP contribution < -0.4 is 10.1 Å². The van der Waals surface area contributed by atoms with Gasteiger partial charge in [0.15, 0.2) is 0 Å². The number of ether oxygens (including phenoxy) is 1. The molecule has 0 radical (unpaired) electrons. The number of nitrogens with one attached hydrogen (secondary N) is 1. The summed E-state index contributed by atoms with van der Waals surface area (Å²) in [5.41, 5.74) is 0.108. The average molecular weight is 317 g/mol. The van der Waals surface area contributed by atoms with Gasteiger partial charge in [-0.15, -0.1) is 0 Å². The second-order valence-electron chi connectivity index (χ2n) is 5.46. The third kappa shape index (κ3) is 6.01. The zero-order chi connectivity index (χ0) is 16.1. The van der Waals surface area contributed by atoms with E-state index >= 15 is 0 Å². The monoisotopic (exact) mass is 317 g/mol. The normalized spacial score (nSPS) is 14.0. The Balaban J connectivity index is 2.59. The van der Waals surface area contributed by atoms with E-state index in [0.717, 1.165) is 5.56 Å². The summed E-state index contributed by atoms with van der Waals surface area (Å²) in [6, 6.07) is 7.11. The molecule has 21 heavy (non-hydrogen) atoms. The van der Waals surface area contributed by atoms with E-state index in [2.05, 4.69) is 5.32 Å². The van der Waals surface area contributed by atoms with Crippen molar-refractivity contribution in [1.82, 2.24) is 5.32 Å². The lowest BCUT2D eigenvalue weighted by Crippen LogP contribution is -2.45. The molecule has 0 spiro atoms. The Kier molecular flexibility index (Phi) is 6.15. The molecule has 120 valence electrons. The van der Waals surface area contributed by atoms with Crippen LogP contribution in [0.25, 0.3) is 0 Å². The van der Waals surface area contributed by atoms with Gasteiger partial charge in [-0.2, -0.15) is 8.42 Å². The molecule has 0 aliphatic rings. The smallest absolute Gasteiger partial charge is 0.264 e. The lowest BCUT2D eigenvalue weighted by atomic mass is 9.91. The molecule has 0 aliphatic carbocycles. The van der Waals surface area contributed by atoms with E-state index in [4.69, 9.17) is 9.29 Å². The van der Waals surface area contributed by atoms with Gasteiger partial charge in [-0.05, 0) is 44.5 Å². The Hall–Kier alpha value is -1.15. The predicted octanol–water partition coefficient (Wildman–Crippen LogP) is 1.37. The lowest BCUT2D eigenvalue weighted by Gasteiger charge is -2.32. The zero-order valence-corrected chi connectivity index (χ0v) is 13.4. The molecule has 1 atom stereocenters. The highest BCUT2D eigenvalue weighted by Crippen LogP contribution is 2.26. The molecule has 1 rings (SSSR count). The standard InChI is InChI=1S/C14H23NO5S/c1-14(2,15-9-4-10-21(17,18)19)13(16)11-5-7-12(20-3)8-6-11/h5-8,13,15-16H,4,9-10H2,1-3H3,(H,17,18,19). The average Bonchev–Trinajstić information content (AvgIpc) is 2.42. The lowest BCUT2D eigenvalue weighted by molar-refractivity contribution is 0.0805. The van der Waals surface area contributed by atoms with Crippen molar-refractivity contribution in [1.29, 1.82) is 0 Å². The van der Waals surface area contributed by atoms with E-state index in [1.165, 1.54) is 0 Å². The first-order valence-electron chi connectivity index (χ1n) is 6.68. The maximum absolute atomic E-state index is 10.6. The first-order valence-corrected chi connectivity index (χ1v) is 8.29. The maximum Gasteiger partial charge on any atom is 0.264 e. The van der Waals surface area contributed by atoms with Crippen molar-refractivity contribution in [2.24, 2.45) is 0 Å². The summed E-state index contributed by atoms with van der Waals surface area (Å²) in [5.74, 6) is 0.416. The minimum absolute atomic E-state index is 0.275. The highest BCUT2D eigenvalue weighted by Gasteiger charge is 2.28. The molecule has 1 unspecified atom stereocenters. The number of benzene rings is 1. The summed E-state index contributed by atoms with van der Waals surface area (Å²) < 4.78 is 35.0. The van der Waals surface area contributed by atoms with E-state index < -0.39 is 21.8 Å². The highest BCUT2D eigenvalue weighted by molar-refractivity contribution is 7.85. The largest absolute Gasteiger partial charge is 0.497 e. The Morgan fingerprint density at radius 2 is 1.86 bits per heavy atom. The molecule has 0 amide bonds. The molecular formula is C14H23NO5S. The molecule has 0 bridgehead atoms. The SMILES string of the molecule is COc1ccc(C(O)C(C)(C)NCCCS(=O)(=O)O)cc1. The van der Waals surface area contributed by atoms with Gasteiger partial charge in [0.2, 0.25) is 0 Å². The van der Waals surface area contributed by atoms with Crippen molar-refractivity contribution < 1.29 is 22.8 Å². The van der Waals surface area contributed by atoms with Crippen LogP contribution in [0.2, 0.25) is 0 Å². The Morgan fingerprint density at radius 1 is 1.29 bits per heavy atom. The summed E-state index contributed by atoms with van der Waals surface area (Å²) in [4.78, 5) is 0. The van der Waals surface area contributed by atoms with Crippen LogP contribution in [-0.4, -0.2) is 43.0 Å². The maximum atomic E-state index is 10.6. The fraction of sp³-hybridized carbons (Fsp3) is 0.571. The molecule has 0 aliphatic heterocycles. The quantitative estimate of drug-likeness (QED) is 0.495. The van der Waals surface area contributed by atoms with Crippen molar-refractivity contribution in [2.75, 3.05) is 19.4 Å². The number of hydrogen-bond acceptors (Lipinski definition) is 5. The molecule has 0 heterocycles. The topological polar surface area (TPSA) is 95.9 Å². The first kappa shape index (κ1) is 17.9. The van der Waals surface area contributed by atoms with Gasteiger partial charge in [0.05, 0.1) is 19.0 Å². The van der Waals surface area contributed by atoms with E-state index in [0.29, 0.717) is 12.3 Å². The predicted molar refractivity (Wildman–Crippen MR) is 81.1 cm³/mol. The van der Waals surface area contributed by atoms with Gasteiger partial charge < -0.3 is 15.2 Å². The molecular weight excluding hydrogens is 294 g/mol. The first-order chi connectivity index (χ1) is 9.65. The third-order valence-corrected chi connectivity index (χ3v) is 4.08. The number of methoxy groups -OCH3 is 1. The van der Waals surface area contributed by atoms with Gasteiger partial charge in [-0.25, -0.2) is 0 Å². The van der Waals surface area contributed by atoms with E-state index in [1.807, 2.05) is 13.8 Å². The minimum Gasteiger partial charge on any atom is -0.497 e. The molecule has 1 aromatic carbocycles. The highest BCUT2D eigenvalue weighted by atomic mass is 32.2. The fourth-order valence-electron chi connectivity index (χ4n) is 1.96. The van der Waals surface area contributed by atoms with Crippen LogP contribution in [0.4, 0.5) is 0 Å². The Labute approximate surface area is 125 Å². The van der Waals surface area contributed by atoms with Crippen LogP contribution >= 0.6 is 0 Å². The fourth-order valence-corrected chi connectivity index (χ4v) is 2.47. The number of hydrogen-bond donors (Lipinski definition) is 3. The summed E-state index contributed by atoms with van der Waals surface area (Å²) in [7, 11) is -2.36. The van der Waals surface area contributed by atoms with Gasteiger partial charge in [0, 0.05) is 5.54 Å². The van der Waals surface area contributed by atoms with Gasteiger partial charge in [-0.3, -0.25) is 4.55 Å². The van der Waals surface area contributed by atoms with Crippen LogP contribution in [0.15, 0.2) is 24.3 Å². The van der Waals surface area contributed by atoms with Crippen molar-refractivity contribution in [3.63, 3.8) is 0 Å². The van der Waals surface area contributed by atoms with Crippen molar-refractivity contribution in [3.8, 4) is 5.75 Å². The number of rotatable bonds is 8. The van der Waals surface area contributed by atoms with E-state index in [9.17, 15) is 13.5 Å². The summed E-state index contributed by atoms with van der Waals surface area (Å²) >= 11 is 0. The van der Waals surface area contributed by atoms with Gasteiger partial charge in [0.1, 0.15) is 5.75 Å². The van der Waals surface area contributed by atoms with Crippen LogP contribution in [0.5, 0.6) is 5.75 Å². The molecule has 1 aromatic rings. The number of aliphatic hydroxyl groups is 1. The Bertz CT molecular complexity index is 539. The molecule has 0 saturated carbocycles. The molecule has 7 heteroatoms. The van der Waals surface area contributed by atoms with Crippen LogP contribution in [-0.2, 0) is 10.1 Å². The summed E-state index contributed by atoms with van der Waals surface area (Å²) in [5, 5.41) is 13.5. The van der Waals surface area contributed by atoms with Crippen molar-refractivity contribution in [3.05, 3.63) is 29.8 Å². The van der Waals surface area contributed by atoms with Crippen LogP contribution in [0, 0.1) is 0 Å². The van der Waals surface area contributed by atoms with Crippen LogP contribution in [0.1, 0.15) is 31.9 Å². The van der Waals surface area contributed by atoms with Crippen molar-refractivity contribution >= 4 is 10.1 Å². The zero-order valence-electron chi connectivity index (χ0n) is 12.5. The van der Waals surface area contributed by atoms with Crippen molar-refractivity contribution in [2.45, 2.75) is 31.9 Å². The molecule has 0 fully saturated rings. The minimum atomic E-state index is -3.94. The van der Waals surface area contributed by atoms with Gasteiger partial charge in [-0.1, -0.05) is 12.1 Å². The summed E-state index contributed by atoms with van der Waals surface area (Å²) in [6.07, 6.45) is -0.480. The van der Waals surface area contributed by atoms with Gasteiger partial charge in [0.25, 0.3) is 10.1 Å². The van der Waals surface area contributed by atoms with E-state index in [-0.39, 0.29) is 12.2 Å². The molecule has 3 N–H and O–H groups in total. The Morgan fingerprint density at radius 3 is 2.33 bits per heavy atom. The van der Waals surface area contributed by atoms with E-state index in [1.54, 1.807) is 31.4 Å². The molecule has 0 aromatic heterocycles. The van der Waals surface area contributed by atoms with Crippen LogP contribution in [0.3, 0.4) is 0 Å². The molecule has 0 saturated heterocycles. The second-order valence-corrected chi connectivity index (χ2v) is 7.04. The van der Waals surface area contributed by atoms with Gasteiger partial charge >= 0.3 is 0 Å². The summed E-state index contributed by atoms with van der Waals surface area (Å²) in [6.45, 7) is 4.03. The number of aliphatic hydroxyl groups excluding tert-OH is 1. The molecule has 6 nitrogen and oxygen atoms in total. The second kappa shape index (κ2) is 7.22.